The smallest absolute Gasteiger partial charge is 0.102 e. The number of nitrogens with one attached hydrogen (secondary N) is 1. The van der Waals surface area contributed by atoms with Gasteiger partial charge >= 0.3 is 0 Å². The predicted octanol–water partition coefficient (Wildman–Crippen LogP) is 2.55. The molecule has 0 radical (unpaired) electrons. The molecule has 1 N–H and O–H groups in total. The molecule has 74 valence electrons. The zero-order valence-electron chi connectivity index (χ0n) is 8.14. The molecule has 0 saturated carbocycles. The van der Waals surface area contributed by atoms with Crippen molar-refractivity contribution >= 4 is 11.3 Å². The number of aryl methyl sites for hydroxylation is 1. The van der Waals surface area contributed by atoms with Crippen LogP contribution in [0.2, 0.25) is 0 Å². The minimum Gasteiger partial charge on any atom is -0.311 e. The average Bonchev–Trinajstić information content (AvgIpc) is 2.48. The van der Waals surface area contributed by atoms with Crippen LogP contribution < -0.4 is 5.32 Å². The van der Waals surface area contributed by atoms with E-state index in [1.54, 1.807) is 0 Å². The van der Waals surface area contributed by atoms with E-state index in [9.17, 15) is 4.39 Å². The van der Waals surface area contributed by atoms with Crippen LogP contribution in [-0.2, 0) is 6.42 Å². The van der Waals surface area contributed by atoms with Gasteiger partial charge in [-0.25, -0.2) is 4.39 Å². The molecular formula is C10H16FNS. The highest BCUT2D eigenvalue weighted by atomic mass is 32.1. The summed E-state index contributed by atoms with van der Waals surface area (Å²) in [6, 6.07) is 4.64. The number of halogens is 1. The van der Waals surface area contributed by atoms with Gasteiger partial charge in [-0.2, -0.15) is 0 Å². The predicted molar refractivity (Wildman–Crippen MR) is 56.2 cm³/mol. The fraction of sp³-hybridized carbons (Fsp3) is 0.600. The summed E-state index contributed by atoms with van der Waals surface area (Å²) in [7, 11) is 0. The largest absolute Gasteiger partial charge is 0.311 e. The normalized spacial score (nSPS) is 13.2. The lowest BCUT2D eigenvalue weighted by Gasteiger charge is -2.10. The van der Waals surface area contributed by atoms with E-state index in [0.29, 0.717) is 12.6 Å². The van der Waals surface area contributed by atoms with E-state index in [1.807, 2.05) is 11.3 Å². The monoisotopic (exact) mass is 201 g/mol. The number of hydrogen-bond donors (Lipinski definition) is 1. The minimum atomic E-state index is -0.284. The summed E-state index contributed by atoms with van der Waals surface area (Å²) in [5, 5.41) is 3.12. The van der Waals surface area contributed by atoms with Gasteiger partial charge in [0, 0.05) is 22.3 Å². The first kappa shape index (κ1) is 10.7. The first-order valence-corrected chi connectivity index (χ1v) is 5.38. The topological polar surface area (TPSA) is 12.0 Å². The van der Waals surface area contributed by atoms with Crippen molar-refractivity contribution in [2.45, 2.75) is 26.3 Å². The molecule has 1 aromatic heterocycles. The SMILES string of the molecule is Cc1ccc(CC(C)NCCF)s1. The number of thiophene rings is 1. The van der Waals surface area contributed by atoms with Gasteiger partial charge in [-0.1, -0.05) is 0 Å². The molecule has 0 saturated heterocycles. The summed E-state index contributed by atoms with van der Waals surface area (Å²) < 4.78 is 11.8. The maximum absolute atomic E-state index is 11.8. The third-order valence-corrected chi connectivity index (χ3v) is 2.91. The first-order valence-electron chi connectivity index (χ1n) is 4.57. The van der Waals surface area contributed by atoms with Crippen LogP contribution in [0.4, 0.5) is 4.39 Å². The molecule has 0 amide bonds. The van der Waals surface area contributed by atoms with E-state index < -0.39 is 0 Å². The summed E-state index contributed by atoms with van der Waals surface area (Å²) >= 11 is 1.82. The van der Waals surface area contributed by atoms with Crippen molar-refractivity contribution in [2.75, 3.05) is 13.2 Å². The van der Waals surface area contributed by atoms with Crippen LogP contribution in [-0.4, -0.2) is 19.3 Å². The Morgan fingerprint density at radius 3 is 2.85 bits per heavy atom. The molecule has 1 atom stereocenters. The molecular weight excluding hydrogens is 185 g/mol. The Labute approximate surface area is 83.0 Å². The number of rotatable bonds is 5. The maximum atomic E-state index is 11.8. The van der Waals surface area contributed by atoms with Crippen molar-refractivity contribution in [2.24, 2.45) is 0 Å². The minimum absolute atomic E-state index is 0.284. The van der Waals surface area contributed by atoms with Crippen LogP contribution in [0.25, 0.3) is 0 Å². The zero-order valence-corrected chi connectivity index (χ0v) is 8.96. The molecule has 3 heteroatoms. The Morgan fingerprint density at radius 1 is 1.54 bits per heavy atom. The zero-order chi connectivity index (χ0) is 9.68. The van der Waals surface area contributed by atoms with E-state index in [1.165, 1.54) is 9.75 Å². The van der Waals surface area contributed by atoms with Crippen LogP contribution in [0, 0.1) is 6.92 Å². The van der Waals surface area contributed by atoms with Gasteiger partial charge in [-0.05, 0) is 32.4 Å². The summed E-state index contributed by atoms with van der Waals surface area (Å²) in [6.45, 7) is 4.37. The molecule has 1 heterocycles. The molecule has 0 bridgehead atoms. The van der Waals surface area contributed by atoms with Gasteiger partial charge < -0.3 is 5.32 Å². The third-order valence-electron chi connectivity index (χ3n) is 1.89. The lowest BCUT2D eigenvalue weighted by atomic mass is 10.2. The Morgan fingerprint density at radius 2 is 2.31 bits per heavy atom. The van der Waals surface area contributed by atoms with Gasteiger partial charge in [0.25, 0.3) is 0 Å². The van der Waals surface area contributed by atoms with Crippen LogP contribution in [0.5, 0.6) is 0 Å². The summed E-state index contributed by atoms with van der Waals surface area (Å²) in [6.07, 6.45) is 0.999. The second-order valence-corrected chi connectivity index (χ2v) is 4.63. The number of alkyl halides is 1. The van der Waals surface area contributed by atoms with Gasteiger partial charge in [0.2, 0.25) is 0 Å². The van der Waals surface area contributed by atoms with Gasteiger partial charge in [0.15, 0.2) is 0 Å². The van der Waals surface area contributed by atoms with Crippen LogP contribution in [0.3, 0.4) is 0 Å². The van der Waals surface area contributed by atoms with Crippen LogP contribution in [0.15, 0.2) is 12.1 Å². The molecule has 0 aliphatic heterocycles. The quantitative estimate of drug-likeness (QED) is 0.772. The standard InChI is InChI=1S/C10H16FNS/c1-8(12-6-5-11)7-10-4-3-9(2)13-10/h3-4,8,12H,5-7H2,1-2H3. The Balaban J connectivity index is 2.31. The molecule has 0 fully saturated rings. The second kappa shape index (κ2) is 5.35. The lowest BCUT2D eigenvalue weighted by molar-refractivity contribution is 0.439. The second-order valence-electron chi connectivity index (χ2n) is 3.26. The molecule has 1 nitrogen and oxygen atoms in total. The van der Waals surface area contributed by atoms with E-state index in [2.05, 4.69) is 31.3 Å². The van der Waals surface area contributed by atoms with Crippen molar-refractivity contribution in [1.82, 2.24) is 5.32 Å². The molecule has 0 aliphatic carbocycles. The fourth-order valence-corrected chi connectivity index (χ4v) is 2.29. The van der Waals surface area contributed by atoms with Crippen molar-refractivity contribution in [3.8, 4) is 0 Å². The van der Waals surface area contributed by atoms with Gasteiger partial charge in [-0.15, -0.1) is 11.3 Å². The Kier molecular flexibility index (Phi) is 4.39. The summed E-state index contributed by atoms with van der Waals surface area (Å²) in [5.41, 5.74) is 0. The van der Waals surface area contributed by atoms with Gasteiger partial charge in [0.1, 0.15) is 6.67 Å². The average molecular weight is 201 g/mol. The van der Waals surface area contributed by atoms with Crippen LogP contribution in [0.1, 0.15) is 16.7 Å². The molecule has 1 unspecified atom stereocenters. The van der Waals surface area contributed by atoms with Gasteiger partial charge in [0.05, 0.1) is 0 Å². The van der Waals surface area contributed by atoms with E-state index in [4.69, 9.17) is 0 Å². The maximum Gasteiger partial charge on any atom is 0.102 e. The highest BCUT2D eigenvalue weighted by molar-refractivity contribution is 7.11. The van der Waals surface area contributed by atoms with Crippen molar-refractivity contribution in [1.29, 1.82) is 0 Å². The van der Waals surface area contributed by atoms with Crippen LogP contribution >= 0.6 is 11.3 Å². The van der Waals surface area contributed by atoms with Crippen molar-refractivity contribution < 1.29 is 4.39 Å². The Bertz CT molecular complexity index is 247. The van der Waals surface area contributed by atoms with E-state index in [0.717, 1.165) is 6.42 Å². The fourth-order valence-electron chi connectivity index (χ4n) is 1.27. The molecule has 0 aliphatic rings. The Hall–Kier alpha value is -0.410. The first-order chi connectivity index (χ1) is 6.22. The van der Waals surface area contributed by atoms with Gasteiger partial charge in [-0.3, -0.25) is 0 Å². The van der Waals surface area contributed by atoms with Crippen molar-refractivity contribution in [3.63, 3.8) is 0 Å². The highest BCUT2D eigenvalue weighted by Gasteiger charge is 2.03. The lowest BCUT2D eigenvalue weighted by Crippen LogP contribution is -2.29. The molecule has 13 heavy (non-hydrogen) atoms. The molecule has 1 aromatic rings. The third kappa shape index (κ3) is 3.87. The van der Waals surface area contributed by atoms with E-state index in [-0.39, 0.29) is 6.67 Å². The summed E-state index contributed by atoms with van der Waals surface area (Å²) in [4.78, 5) is 2.71. The molecule has 0 aromatic carbocycles. The molecule has 1 rings (SSSR count). The highest BCUT2D eigenvalue weighted by Crippen LogP contribution is 2.16. The van der Waals surface area contributed by atoms with E-state index >= 15 is 0 Å². The van der Waals surface area contributed by atoms with Crippen molar-refractivity contribution in [3.05, 3.63) is 21.9 Å². The summed E-state index contributed by atoms with van der Waals surface area (Å²) in [5.74, 6) is 0. The molecule has 0 spiro atoms. The number of hydrogen-bond acceptors (Lipinski definition) is 2.